The van der Waals surface area contributed by atoms with Crippen molar-refractivity contribution in [2.45, 2.75) is 0 Å². The normalized spacial score (nSPS) is 11.8. The van der Waals surface area contributed by atoms with Crippen molar-refractivity contribution in [2.75, 3.05) is 0 Å². The molecule has 0 N–H and O–H groups in total. The number of hydrogen-bond acceptors (Lipinski definition) is 5. The van der Waals surface area contributed by atoms with Gasteiger partial charge in [-0.2, -0.15) is 0 Å². The van der Waals surface area contributed by atoms with Crippen LogP contribution < -0.4 is 0 Å². The summed E-state index contributed by atoms with van der Waals surface area (Å²) >= 11 is 0. The van der Waals surface area contributed by atoms with Gasteiger partial charge in [0.15, 0.2) is 5.82 Å². The zero-order chi connectivity index (χ0) is 38.2. The molecule has 4 heterocycles. The summed E-state index contributed by atoms with van der Waals surface area (Å²) in [6, 6.07) is 64.8. The van der Waals surface area contributed by atoms with Crippen molar-refractivity contribution in [3.8, 4) is 56.3 Å². The molecular weight excluding hydrogens is 711 g/mol. The molecule has 0 bridgehead atoms. The van der Waals surface area contributed by atoms with Crippen LogP contribution in [0.15, 0.2) is 197 Å². The van der Waals surface area contributed by atoms with Gasteiger partial charge < -0.3 is 8.83 Å². The maximum Gasteiger partial charge on any atom is 0.160 e. The third-order valence-electron chi connectivity index (χ3n) is 11.3. The lowest BCUT2D eigenvalue weighted by atomic mass is 9.95. The van der Waals surface area contributed by atoms with Crippen LogP contribution in [-0.2, 0) is 0 Å². The Bertz CT molecular complexity index is 3550. The summed E-state index contributed by atoms with van der Waals surface area (Å²) in [6.45, 7) is 0. The quantitative estimate of drug-likeness (QED) is 0.164. The van der Waals surface area contributed by atoms with Crippen molar-refractivity contribution in [1.82, 2.24) is 15.0 Å². The average molecular weight is 742 g/mol. The van der Waals surface area contributed by atoms with E-state index in [1.807, 2.05) is 54.6 Å². The lowest BCUT2D eigenvalue weighted by molar-refractivity contribution is 0.669. The summed E-state index contributed by atoms with van der Waals surface area (Å²) in [4.78, 5) is 15.3. The molecule has 0 amide bonds. The molecule has 270 valence electrons. The Labute approximate surface area is 332 Å². The maximum absolute atomic E-state index is 6.79. The highest BCUT2D eigenvalue weighted by atomic mass is 16.3. The highest BCUT2D eigenvalue weighted by Crippen LogP contribution is 2.44. The van der Waals surface area contributed by atoms with Gasteiger partial charge in [0, 0.05) is 65.5 Å². The number of nitrogens with zero attached hydrogens (tertiary/aromatic N) is 3. The van der Waals surface area contributed by atoms with Crippen LogP contribution in [0.5, 0.6) is 0 Å². The summed E-state index contributed by atoms with van der Waals surface area (Å²) in [5.41, 5.74) is 13.1. The Morgan fingerprint density at radius 2 is 0.966 bits per heavy atom. The molecule has 0 fully saturated rings. The number of aromatic nitrogens is 3. The number of pyridine rings is 1. The SMILES string of the molecule is c1ccc(-c2nc(-c3ccc(-c4cccc5c4oc4ccc6c(-c7ccccc7)nc7ccccc7c6c45)cc3)cc(-c3ccc4c(c3)oc3ccccc34)n2)cc1. The van der Waals surface area contributed by atoms with Crippen LogP contribution in [0.2, 0.25) is 0 Å². The van der Waals surface area contributed by atoms with Gasteiger partial charge in [-0.3, -0.25) is 0 Å². The molecule has 0 aliphatic rings. The molecular formula is C53H31N3O2. The van der Waals surface area contributed by atoms with Crippen LogP contribution >= 0.6 is 0 Å². The van der Waals surface area contributed by atoms with Gasteiger partial charge in [-0.25, -0.2) is 15.0 Å². The van der Waals surface area contributed by atoms with Gasteiger partial charge >= 0.3 is 0 Å². The molecule has 5 nitrogen and oxygen atoms in total. The van der Waals surface area contributed by atoms with Gasteiger partial charge in [-0.05, 0) is 48.0 Å². The molecule has 8 aromatic carbocycles. The molecule has 0 saturated heterocycles. The van der Waals surface area contributed by atoms with Crippen molar-refractivity contribution >= 4 is 65.6 Å². The Balaban J connectivity index is 0.988. The second kappa shape index (κ2) is 12.8. The minimum absolute atomic E-state index is 0.666. The fraction of sp³-hybridized carbons (Fsp3) is 0. The first-order valence-electron chi connectivity index (χ1n) is 19.4. The molecule has 0 saturated carbocycles. The van der Waals surface area contributed by atoms with E-state index in [1.54, 1.807) is 0 Å². The van der Waals surface area contributed by atoms with E-state index >= 15 is 0 Å². The highest BCUT2D eigenvalue weighted by molar-refractivity contribution is 6.29. The first kappa shape index (κ1) is 32.4. The van der Waals surface area contributed by atoms with Crippen LogP contribution in [0.4, 0.5) is 0 Å². The molecule has 0 atom stereocenters. The number of furan rings is 2. The monoisotopic (exact) mass is 741 g/mol. The summed E-state index contributed by atoms with van der Waals surface area (Å²) in [7, 11) is 0. The Morgan fingerprint density at radius 3 is 1.79 bits per heavy atom. The van der Waals surface area contributed by atoms with Crippen LogP contribution in [0.1, 0.15) is 0 Å². The third-order valence-corrected chi connectivity index (χ3v) is 11.3. The van der Waals surface area contributed by atoms with Gasteiger partial charge in [0.25, 0.3) is 0 Å². The van der Waals surface area contributed by atoms with Crippen LogP contribution in [0.25, 0.3) is 122 Å². The van der Waals surface area contributed by atoms with E-state index in [-0.39, 0.29) is 0 Å². The minimum atomic E-state index is 0.666. The number of fused-ring (bicyclic) bond motifs is 10. The highest BCUT2D eigenvalue weighted by Gasteiger charge is 2.20. The number of hydrogen-bond donors (Lipinski definition) is 0. The molecule has 0 aliphatic heterocycles. The van der Waals surface area contributed by atoms with Gasteiger partial charge in [0.05, 0.1) is 22.6 Å². The minimum Gasteiger partial charge on any atom is -0.456 e. The Kier molecular flexibility index (Phi) is 7.16. The van der Waals surface area contributed by atoms with Crippen molar-refractivity contribution in [3.63, 3.8) is 0 Å². The van der Waals surface area contributed by atoms with E-state index in [4.69, 9.17) is 23.8 Å². The summed E-state index contributed by atoms with van der Waals surface area (Å²) in [5, 5.41) is 7.73. The van der Waals surface area contributed by atoms with E-state index in [0.29, 0.717) is 5.82 Å². The molecule has 0 unspecified atom stereocenters. The van der Waals surface area contributed by atoms with E-state index < -0.39 is 0 Å². The van der Waals surface area contributed by atoms with E-state index in [0.717, 1.165) is 116 Å². The molecule has 0 spiro atoms. The number of para-hydroxylation sites is 3. The summed E-state index contributed by atoms with van der Waals surface area (Å²) in [6.07, 6.45) is 0. The molecule has 0 aliphatic carbocycles. The summed E-state index contributed by atoms with van der Waals surface area (Å²) in [5.74, 6) is 0.666. The number of rotatable bonds is 5. The Hall–Kier alpha value is -7.89. The standard InChI is InChI=1S/C53H31N3O2/c1-3-12-34(13-4-1)51-41-28-29-47-50(49(41)40-17-7-9-20-43(40)54-51)42-19-11-18-37(52(42)58-47)32-22-24-33(25-23-32)44-31-45(56-53(55-44)35-14-5-2-6-15-35)36-26-27-39-38-16-8-10-21-46(38)57-48(39)30-36/h1-31H. The molecule has 4 aromatic heterocycles. The zero-order valence-electron chi connectivity index (χ0n) is 31.1. The topological polar surface area (TPSA) is 65.0 Å². The lowest BCUT2D eigenvalue weighted by Crippen LogP contribution is -1.96. The van der Waals surface area contributed by atoms with Crippen molar-refractivity contribution in [1.29, 1.82) is 0 Å². The molecule has 12 aromatic rings. The van der Waals surface area contributed by atoms with Crippen molar-refractivity contribution < 1.29 is 8.83 Å². The fourth-order valence-corrected chi connectivity index (χ4v) is 8.54. The third kappa shape index (κ3) is 5.14. The largest absolute Gasteiger partial charge is 0.456 e. The van der Waals surface area contributed by atoms with E-state index in [9.17, 15) is 0 Å². The van der Waals surface area contributed by atoms with Crippen LogP contribution in [-0.4, -0.2) is 15.0 Å². The smallest absolute Gasteiger partial charge is 0.160 e. The zero-order valence-corrected chi connectivity index (χ0v) is 31.1. The first-order valence-corrected chi connectivity index (χ1v) is 19.4. The molecule has 58 heavy (non-hydrogen) atoms. The molecule has 12 rings (SSSR count). The second-order valence-corrected chi connectivity index (χ2v) is 14.7. The van der Waals surface area contributed by atoms with Gasteiger partial charge in [0.1, 0.15) is 22.3 Å². The van der Waals surface area contributed by atoms with Crippen molar-refractivity contribution in [3.05, 3.63) is 188 Å². The molecule has 5 heteroatoms. The van der Waals surface area contributed by atoms with Crippen LogP contribution in [0.3, 0.4) is 0 Å². The summed E-state index contributed by atoms with van der Waals surface area (Å²) < 4.78 is 13.0. The van der Waals surface area contributed by atoms with Gasteiger partial charge in [0.2, 0.25) is 0 Å². The van der Waals surface area contributed by atoms with Crippen molar-refractivity contribution in [2.24, 2.45) is 0 Å². The number of benzene rings is 8. The maximum atomic E-state index is 6.79. The Morgan fingerprint density at radius 1 is 0.328 bits per heavy atom. The fourth-order valence-electron chi connectivity index (χ4n) is 8.54. The second-order valence-electron chi connectivity index (χ2n) is 14.7. The average Bonchev–Trinajstić information content (AvgIpc) is 3.87. The predicted molar refractivity (Wildman–Crippen MR) is 237 cm³/mol. The first-order chi connectivity index (χ1) is 28.7. The van der Waals surface area contributed by atoms with E-state index in [2.05, 4.69) is 133 Å². The predicted octanol–water partition coefficient (Wildman–Crippen LogP) is 14.3. The molecule has 0 radical (unpaired) electrons. The van der Waals surface area contributed by atoms with Crippen LogP contribution in [0, 0.1) is 0 Å². The lowest BCUT2D eigenvalue weighted by Gasteiger charge is -2.11. The van der Waals surface area contributed by atoms with E-state index in [1.165, 1.54) is 0 Å². The van der Waals surface area contributed by atoms with Gasteiger partial charge in [-0.1, -0.05) is 146 Å². The van der Waals surface area contributed by atoms with Gasteiger partial charge in [-0.15, -0.1) is 0 Å².